The molecule has 4 rings (SSSR count). The van der Waals surface area contributed by atoms with Gasteiger partial charge in [-0.05, 0) is 94.7 Å². The van der Waals surface area contributed by atoms with Gasteiger partial charge in [0.05, 0.1) is 23.0 Å². The highest BCUT2D eigenvalue weighted by Gasteiger charge is 2.13. The quantitative estimate of drug-likeness (QED) is 0.128. The van der Waals surface area contributed by atoms with Crippen molar-refractivity contribution in [2.75, 3.05) is 13.2 Å². The number of halogens is 1. The molecule has 36 heavy (non-hydrogen) atoms. The van der Waals surface area contributed by atoms with Crippen molar-refractivity contribution in [1.82, 2.24) is 5.43 Å². The third-order valence-corrected chi connectivity index (χ3v) is 6.19. The topological polar surface area (TPSA) is 69.2 Å². The number of carbonyl (C=O) groups excluding carboxylic acids is 1. The molecule has 0 aliphatic rings. The summed E-state index contributed by atoms with van der Waals surface area (Å²) in [5.74, 6) is 1.73. The number of nitrogens with zero attached hydrogens (tertiary/aromatic N) is 1. The van der Waals surface area contributed by atoms with E-state index < -0.39 is 0 Å². The lowest BCUT2D eigenvalue weighted by Gasteiger charge is -2.15. The predicted octanol–water partition coefficient (Wildman–Crippen LogP) is 6.58. The van der Waals surface area contributed by atoms with Crippen LogP contribution >= 0.6 is 22.6 Å². The van der Waals surface area contributed by atoms with Crippen molar-refractivity contribution >= 4 is 45.5 Å². The number of rotatable bonds is 10. The van der Waals surface area contributed by atoms with E-state index in [1.54, 1.807) is 30.5 Å². The first-order valence-electron chi connectivity index (χ1n) is 11.7. The number of benzene rings is 4. The number of hydrogen-bond acceptors (Lipinski definition) is 5. The normalized spacial score (nSPS) is 11.0. The van der Waals surface area contributed by atoms with Crippen LogP contribution in [0, 0.1) is 3.57 Å². The summed E-state index contributed by atoms with van der Waals surface area (Å²) in [6.07, 6.45) is 1.59. The highest BCUT2D eigenvalue weighted by Crippen LogP contribution is 2.35. The van der Waals surface area contributed by atoms with Crippen LogP contribution in [-0.4, -0.2) is 25.3 Å². The van der Waals surface area contributed by atoms with Gasteiger partial charge in [0.2, 0.25) is 0 Å². The zero-order chi connectivity index (χ0) is 25.3. The fraction of sp³-hybridized carbons (Fsp3) is 0.172. The lowest BCUT2D eigenvalue weighted by molar-refractivity contribution is 0.0955. The Balaban J connectivity index is 1.46. The minimum atomic E-state index is -0.302. The molecule has 0 unspecified atom stereocenters. The molecule has 1 N–H and O–H groups in total. The second kappa shape index (κ2) is 12.4. The van der Waals surface area contributed by atoms with E-state index in [-0.39, 0.29) is 5.91 Å². The maximum atomic E-state index is 12.4. The molecule has 6 nitrogen and oxygen atoms in total. The van der Waals surface area contributed by atoms with Crippen molar-refractivity contribution in [3.05, 3.63) is 99.1 Å². The third-order valence-electron chi connectivity index (χ3n) is 5.39. The lowest BCUT2D eigenvalue weighted by Crippen LogP contribution is -2.17. The Morgan fingerprint density at radius 3 is 2.44 bits per heavy atom. The molecule has 1 amide bonds. The molecule has 0 bridgehead atoms. The van der Waals surface area contributed by atoms with E-state index in [2.05, 4.69) is 57.4 Å². The molecular formula is C29H27IN2O4. The van der Waals surface area contributed by atoms with Gasteiger partial charge in [-0.1, -0.05) is 42.5 Å². The fourth-order valence-corrected chi connectivity index (χ4v) is 4.51. The minimum Gasteiger partial charge on any atom is -0.494 e. The summed E-state index contributed by atoms with van der Waals surface area (Å²) in [5.41, 5.74) is 4.95. The molecule has 0 fully saturated rings. The number of hydrogen-bond donors (Lipinski definition) is 1. The van der Waals surface area contributed by atoms with Gasteiger partial charge in [-0.15, -0.1) is 0 Å². The first-order chi connectivity index (χ1) is 17.6. The van der Waals surface area contributed by atoms with Crippen LogP contribution in [0.1, 0.15) is 35.3 Å². The van der Waals surface area contributed by atoms with Crippen LogP contribution < -0.4 is 19.6 Å². The van der Waals surface area contributed by atoms with Gasteiger partial charge < -0.3 is 14.2 Å². The maximum Gasteiger partial charge on any atom is 0.271 e. The highest BCUT2D eigenvalue weighted by atomic mass is 127. The van der Waals surface area contributed by atoms with E-state index in [9.17, 15) is 4.79 Å². The Morgan fingerprint density at radius 1 is 0.917 bits per heavy atom. The van der Waals surface area contributed by atoms with Gasteiger partial charge in [0, 0.05) is 5.56 Å². The van der Waals surface area contributed by atoms with Crippen molar-refractivity contribution in [3.8, 4) is 17.2 Å². The van der Waals surface area contributed by atoms with Gasteiger partial charge in [-0.2, -0.15) is 5.10 Å². The summed E-state index contributed by atoms with van der Waals surface area (Å²) in [5, 5.41) is 6.47. The third kappa shape index (κ3) is 6.34. The van der Waals surface area contributed by atoms with E-state index in [1.807, 2.05) is 44.2 Å². The average molecular weight is 594 g/mol. The number of amides is 1. The number of fused-ring (bicyclic) bond motifs is 1. The van der Waals surface area contributed by atoms with Gasteiger partial charge in [-0.25, -0.2) is 5.43 Å². The summed E-state index contributed by atoms with van der Waals surface area (Å²) >= 11 is 2.23. The Morgan fingerprint density at radius 2 is 1.67 bits per heavy atom. The molecule has 0 aliphatic heterocycles. The smallest absolute Gasteiger partial charge is 0.271 e. The zero-order valence-corrected chi connectivity index (χ0v) is 22.3. The predicted molar refractivity (Wildman–Crippen MR) is 151 cm³/mol. The van der Waals surface area contributed by atoms with Gasteiger partial charge in [0.1, 0.15) is 12.4 Å². The molecule has 0 heterocycles. The van der Waals surface area contributed by atoms with Crippen LogP contribution in [0.4, 0.5) is 0 Å². The van der Waals surface area contributed by atoms with Gasteiger partial charge in [0.25, 0.3) is 5.91 Å². The minimum absolute atomic E-state index is 0.302. The second-order valence-corrected chi connectivity index (χ2v) is 9.01. The molecule has 0 saturated carbocycles. The van der Waals surface area contributed by atoms with Crippen LogP contribution in [0.2, 0.25) is 0 Å². The van der Waals surface area contributed by atoms with Crippen molar-refractivity contribution < 1.29 is 19.0 Å². The monoisotopic (exact) mass is 594 g/mol. The Hall–Kier alpha value is -3.59. The Kier molecular flexibility index (Phi) is 8.78. The van der Waals surface area contributed by atoms with Gasteiger partial charge in [0.15, 0.2) is 11.5 Å². The lowest BCUT2D eigenvalue weighted by atomic mass is 10.1. The standard InChI is InChI=1S/C29H27IN2O4/c1-3-34-24-14-12-22(13-15-24)29(33)32-31-18-20-16-26(30)28(27(17-20)35-4-2)36-19-23-10-7-9-21-8-5-6-11-25(21)23/h5-18H,3-4,19H2,1-2H3,(H,32,33)/b31-18+. The van der Waals surface area contributed by atoms with E-state index in [1.165, 1.54) is 10.8 Å². The second-order valence-electron chi connectivity index (χ2n) is 7.85. The van der Waals surface area contributed by atoms with Crippen LogP contribution in [-0.2, 0) is 6.61 Å². The molecular weight excluding hydrogens is 567 g/mol. The van der Waals surface area contributed by atoms with Gasteiger partial charge >= 0.3 is 0 Å². The zero-order valence-electron chi connectivity index (χ0n) is 20.2. The molecule has 0 spiro atoms. The van der Waals surface area contributed by atoms with Crippen LogP contribution in [0.5, 0.6) is 17.2 Å². The molecule has 7 heteroatoms. The number of hydrazone groups is 1. The van der Waals surface area contributed by atoms with Gasteiger partial charge in [-0.3, -0.25) is 4.79 Å². The SMILES string of the molecule is CCOc1ccc(C(=O)N/N=C/c2cc(I)c(OCc3cccc4ccccc34)c(OCC)c2)cc1. The number of carbonyl (C=O) groups is 1. The highest BCUT2D eigenvalue weighted by molar-refractivity contribution is 14.1. The van der Waals surface area contributed by atoms with Crippen molar-refractivity contribution in [1.29, 1.82) is 0 Å². The largest absolute Gasteiger partial charge is 0.494 e. The number of nitrogens with one attached hydrogen (secondary N) is 1. The molecule has 4 aromatic carbocycles. The Labute approximate surface area is 224 Å². The van der Waals surface area contributed by atoms with Crippen molar-refractivity contribution in [2.24, 2.45) is 5.10 Å². The summed E-state index contributed by atoms with van der Waals surface area (Å²) in [6.45, 7) is 5.33. The van der Waals surface area contributed by atoms with Crippen LogP contribution in [0.25, 0.3) is 10.8 Å². The van der Waals surface area contributed by atoms with E-state index >= 15 is 0 Å². The fourth-order valence-electron chi connectivity index (χ4n) is 3.73. The molecule has 4 aromatic rings. The molecule has 0 aromatic heterocycles. The molecule has 0 aliphatic carbocycles. The first kappa shape index (κ1) is 25.5. The molecule has 184 valence electrons. The molecule has 0 atom stereocenters. The van der Waals surface area contributed by atoms with Crippen molar-refractivity contribution in [3.63, 3.8) is 0 Å². The summed E-state index contributed by atoms with van der Waals surface area (Å²) in [6, 6.07) is 25.2. The maximum absolute atomic E-state index is 12.4. The van der Waals surface area contributed by atoms with E-state index in [4.69, 9.17) is 14.2 Å². The number of ether oxygens (including phenoxy) is 3. The van der Waals surface area contributed by atoms with Crippen molar-refractivity contribution in [2.45, 2.75) is 20.5 Å². The summed E-state index contributed by atoms with van der Waals surface area (Å²) in [7, 11) is 0. The Bertz CT molecular complexity index is 1360. The molecule has 0 radical (unpaired) electrons. The first-order valence-corrected chi connectivity index (χ1v) is 12.8. The summed E-state index contributed by atoms with van der Waals surface area (Å²) in [4.78, 5) is 12.4. The van der Waals surface area contributed by atoms with Crippen LogP contribution in [0.3, 0.4) is 0 Å². The summed E-state index contributed by atoms with van der Waals surface area (Å²) < 4.78 is 18.4. The van der Waals surface area contributed by atoms with E-state index in [0.717, 1.165) is 20.4 Å². The van der Waals surface area contributed by atoms with Crippen LogP contribution in [0.15, 0.2) is 84.0 Å². The molecule has 0 saturated heterocycles. The van der Waals surface area contributed by atoms with E-state index in [0.29, 0.717) is 36.9 Å². The average Bonchev–Trinajstić information content (AvgIpc) is 2.89.